The van der Waals surface area contributed by atoms with E-state index < -0.39 is 11.9 Å². The molecule has 1 heterocycles. The number of carboxylic acids is 1. The number of nitrogens with zero attached hydrogens (tertiary/aromatic N) is 1. The molecule has 0 aromatic heterocycles. The van der Waals surface area contributed by atoms with Gasteiger partial charge in [-0.2, -0.15) is 0 Å². The van der Waals surface area contributed by atoms with Crippen molar-refractivity contribution in [2.45, 2.75) is 19.8 Å². The number of urea groups is 1. The van der Waals surface area contributed by atoms with Crippen LogP contribution >= 0.6 is 0 Å². The van der Waals surface area contributed by atoms with Crippen LogP contribution in [0.25, 0.3) is 0 Å². The predicted octanol–water partition coefficient (Wildman–Crippen LogP) is -0.371. The maximum Gasteiger partial charge on any atom is 0.317 e. The van der Waals surface area contributed by atoms with Crippen molar-refractivity contribution in [3.8, 4) is 0 Å². The third-order valence-corrected chi connectivity index (χ3v) is 2.88. The van der Waals surface area contributed by atoms with Gasteiger partial charge in [-0.25, -0.2) is 4.79 Å². The summed E-state index contributed by atoms with van der Waals surface area (Å²) in [6.07, 6.45) is 0.699. The van der Waals surface area contributed by atoms with Crippen molar-refractivity contribution in [1.29, 1.82) is 0 Å². The Kier molecular flexibility index (Phi) is 5.41. The van der Waals surface area contributed by atoms with E-state index in [0.717, 1.165) is 0 Å². The molecule has 7 heteroatoms. The largest absolute Gasteiger partial charge is 0.481 e. The highest BCUT2D eigenvalue weighted by molar-refractivity contribution is 5.79. The minimum atomic E-state index is -0.867. The Balaban J connectivity index is 2.27. The van der Waals surface area contributed by atoms with Crippen LogP contribution in [0, 0.1) is 5.92 Å². The summed E-state index contributed by atoms with van der Waals surface area (Å²) in [5, 5.41) is 14.0. The first-order chi connectivity index (χ1) is 8.50. The molecule has 0 aromatic carbocycles. The van der Waals surface area contributed by atoms with Gasteiger partial charge in [-0.1, -0.05) is 6.92 Å². The van der Waals surface area contributed by atoms with Crippen molar-refractivity contribution in [3.63, 3.8) is 0 Å². The van der Waals surface area contributed by atoms with E-state index in [1.807, 2.05) is 0 Å². The zero-order valence-electron chi connectivity index (χ0n) is 10.4. The summed E-state index contributed by atoms with van der Waals surface area (Å²) >= 11 is 0. The summed E-state index contributed by atoms with van der Waals surface area (Å²) in [7, 11) is 0. The minimum absolute atomic E-state index is 0.0511. The Morgan fingerprint density at radius 1 is 1.50 bits per heavy atom. The highest BCUT2D eigenvalue weighted by atomic mass is 16.4. The van der Waals surface area contributed by atoms with Crippen LogP contribution in [0.5, 0.6) is 0 Å². The van der Waals surface area contributed by atoms with E-state index in [1.165, 1.54) is 0 Å². The number of hydrogen-bond donors (Lipinski definition) is 3. The van der Waals surface area contributed by atoms with Crippen LogP contribution < -0.4 is 10.6 Å². The van der Waals surface area contributed by atoms with Crippen molar-refractivity contribution in [3.05, 3.63) is 0 Å². The van der Waals surface area contributed by atoms with Crippen LogP contribution in [0.15, 0.2) is 0 Å². The molecular formula is C11H19N3O4. The maximum absolute atomic E-state index is 11.7. The van der Waals surface area contributed by atoms with Crippen LogP contribution in [0.3, 0.4) is 0 Å². The van der Waals surface area contributed by atoms with Gasteiger partial charge in [-0.15, -0.1) is 0 Å². The fourth-order valence-electron chi connectivity index (χ4n) is 1.60. The van der Waals surface area contributed by atoms with Gasteiger partial charge in [0.2, 0.25) is 5.91 Å². The Hall–Kier alpha value is -1.79. The van der Waals surface area contributed by atoms with Gasteiger partial charge in [0.05, 0.1) is 5.92 Å². The number of nitrogens with one attached hydrogen (secondary N) is 2. The van der Waals surface area contributed by atoms with Crippen molar-refractivity contribution in [2.75, 3.05) is 26.2 Å². The number of carboxylic acid groups (broad SMARTS) is 1. The first kappa shape index (κ1) is 14.3. The SMILES string of the molecule is CC(CCNC(=O)N1CCNC(=O)CC1)C(=O)O. The Labute approximate surface area is 106 Å². The summed E-state index contributed by atoms with van der Waals surface area (Å²) in [6.45, 7) is 3.25. The number of hydrogen-bond acceptors (Lipinski definition) is 3. The molecule has 1 unspecified atom stereocenters. The van der Waals surface area contributed by atoms with E-state index in [1.54, 1.807) is 11.8 Å². The van der Waals surface area contributed by atoms with Gasteiger partial charge in [-0.05, 0) is 6.42 Å². The average molecular weight is 257 g/mol. The molecule has 3 N–H and O–H groups in total. The summed E-state index contributed by atoms with van der Waals surface area (Å²) in [5.74, 6) is -1.39. The fraction of sp³-hybridized carbons (Fsp3) is 0.727. The van der Waals surface area contributed by atoms with Crippen LogP contribution in [0.1, 0.15) is 19.8 Å². The first-order valence-electron chi connectivity index (χ1n) is 6.03. The van der Waals surface area contributed by atoms with E-state index in [-0.39, 0.29) is 11.9 Å². The summed E-state index contributed by atoms with van der Waals surface area (Å²) < 4.78 is 0. The van der Waals surface area contributed by atoms with Crippen molar-refractivity contribution in [2.24, 2.45) is 5.92 Å². The van der Waals surface area contributed by atoms with Crippen molar-refractivity contribution < 1.29 is 19.5 Å². The van der Waals surface area contributed by atoms with E-state index in [9.17, 15) is 14.4 Å². The molecule has 1 atom stereocenters. The normalized spacial score (nSPS) is 17.6. The van der Waals surface area contributed by atoms with Gasteiger partial charge < -0.3 is 20.6 Å². The number of amides is 3. The molecule has 1 saturated heterocycles. The first-order valence-corrected chi connectivity index (χ1v) is 6.03. The summed E-state index contributed by atoms with van der Waals surface area (Å²) in [5.41, 5.74) is 0. The average Bonchev–Trinajstić information content (AvgIpc) is 2.53. The molecule has 0 saturated carbocycles. The second-order valence-electron chi connectivity index (χ2n) is 4.35. The van der Waals surface area contributed by atoms with Crippen LogP contribution in [0.2, 0.25) is 0 Å². The highest BCUT2D eigenvalue weighted by Crippen LogP contribution is 2.01. The smallest absolute Gasteiger partial charge is 0.317 e. The molecule has 1 rings (SSSR count). The molecule has 1 aliphatic rings. The second kappa shape index (κ2) is 6.83. The fourth-order valence-corrected chi connectivity index (χ4v) is 1.60. The van der Waals surface area contributed by atoms with E-state index >= 15 is 0 Å². The quantitative estimate of drug-likeness (QED) is 0.640. The van der Waals surface area contributed by atoms with Gasteiger partial charge in [-0.3, -0.25) is 9.59 Å². The molecule has 0 radical (unpaired) electrons. The third kappa shape index (κ3) is 4.60. The van der Waals surface area contributed by atoms with Gasteiger partial charge in [0.15, 0.2) is 0 Å². The molecule has 0 bridgehead atoms. The Morgan fingerprint density at radius 2 is 2.22 bits per heavy atom. The van der Waals surface area contributed by atoms with Gasteiger partial charge in [0.25, 0.3) is 0 Å². The lowest BCUT2D eigenvalue weighted by atomic mass is 10.1. The van der Waals surface area contributed by atoms with E-state index in [4.69, 9.17) is 5.11 Å². The number of rotatable bonds is 4. The molecule has 0 spiro atoms. The van der Waals surface area contributed by atoms with Crippen molar-refractivity contribution >= 4 is 17.9 Å². The Bertz CT molecular complexity index is 332. The zero-order valence-corrected chi connectivity index (χ0v) is 10.4. The molecule has 0 aromatic rings. The molecule has 1 aliphatic heterocycles. The van der Waals surface area contributed by atoms with Crippen LogP contribution in [-0.2, 0) is 9.59 Å². The monoisotopic (exact) mass is 257 g/mol. The lowest BCUT2D eigenvalue weighted by Gasteiger charge is -2.20. The zero-order chi connectivity index (χ0) is 13.5. The lowest BCUT2D eigenvalue weighted by molar-refractivity contribution is -0.141. The van der Waals surface area contributed by atoms with Gasteiger partial charge in [0, 0.05) is 32.6 Å². The molecule has 18 heavy (non-hydrogen) atoms. The molecule has 0 aliphatic carbocycles. The highest BCUT2D eigenvalue weighted by Gasteiger charge is 2.18. The molecule has 102 valence electrons. The van der Waals surface area contributed by atoms with Crippen molar-refractivity contribution in [1.82, 2.24) is 15.5 Å². The predicted molar refractivity (Wildman–Crippen MR) is 64.0 cm³/mol. The topological polar surface area (TPSA) is 98.7 Å². The van der Waals surface area contributed by atoms with E-state index in [0.29, 0.717) is 39.0 Å². The maximum atomic E-state index is 11.7. The second-order valence-corrected chi connectivity index (χ2v) is 4.35. The van der Waals surface area contributed by atoms with Crippen LogP contribution in [0.4, 0.5) is 4.79 Å². The third-order valence-electron chi connectivity index (χ3n) is 2.88. The number of aliphatic carboxylic acids is 1. The summed E-state index contributed by atoms with van der Waals surface area (Å²) in [6, 6.07) is -0.246. The van der Waals surface area contributed by atoms with Gasteiger partial charge in [0.1, 0.15) is 0 Å². The van der Waals surface area contributed by atoms with Crippen LogP contribution in [-0.4, -0.2) is 54.1 Å². The molecule has 1 fully saturated rings. The molecule has 7 nitrogen and oxygen atoms in total. The molecule has 3 amide bonds. The lowest BCUT2D eigenvalue weighted by Crippen LogP contribution is -2.42. The Morgan fingerprint density at radius 3 is 2.89 bits per heavy atom. The number of carbonyl (C=O) groups excluding carboxylic acids is 2. The minimum Gasteiger partial charge on any atom is -0.481 e. The summed E-state index contributed by atoms with van der Waals surface area (Å²) in [4.78, 5) is 35.0. The molecular weight excluding hydrogens is 238 g/mol. The standard InChI is InChI=1S/C11H19N3O4/c1-8(10(16)17)2-4-13-11(18)14-6-3-9(15)12-5-7-14/h8H,2-7H2,1H3,(H,12,15)(H,13,18)(H,16,17). The van der Waals surface area contributed by atoms with E-state index in [2.05, 4.69) is 10.6 Å². The van der Waals surface area contributed by atoms with Gasteiger partial charge >= 0.3 is 12.0 Å². The number of carbonyl (C=O) groups is 3.